The van der Waals surface area contributed by atoms with E-state index in [9.17, 15) is 14.3 Å². The largest absolute Gasteiger partial charge is 0.477 e. The van der Waals surface area contributed by atoms with Gasteiger partial charge in [0.05, 0.1) is 26.4 Å². The minimum absolute atomic E-state index is 0.101. The molecule has 0 aromatic rings. The van der Waals surface area contributed by atoms with Gasteiger partial charge in [-0.25, -0.2) is 9.36 Å². The Kier molecular flexibility index (Phi) is 10.9. The molecule has 0 bridgehead atoms. The molecule has 0 rings (SSSR count). The van der Waals surface area contributed by atoms with Gasteiger partial charge < -0.3 is 24.6 Å². The third-order valence-corrected chi connectivity index (χ3v) is 2.97. The lowest BCUT2D eigenvalue weighted by atomic mass is 10.4. The Hall–Kier alpha value is -0.540. The second kappa shape index (κ2) is 11.2. The minimum Gasteiger partial charge on any atom is -0.477 e. The van der Waals surface area contributed by atoms with Crippen LogP contribution in [0.25, 0.3) is 0 Å². The van der Waals surface area contributed by atoms with Gasteiger partial charge in [0.15, 0.2) is 0 Å². The Morgan fingerprint density at radius 2 is 1.75 bits per heavy atom. The summed E-state index contributed by atoms with van der Waals surface area (Å²) in [4.78, 5) is 19.4. The van der Waals surface area contributed by atoms with Crippen molar-refractivity contribution in [1.82, 2.24) is 0 Å². The van der Waals surface area contributed by atoms with Gasteiger partial charge in [-0.3, -0.25) is 9.05 Å². The number of hydrogen-bond acceptors (Lipinski definition) is 7. The summed E-state index contributed by atoms with van der Waals surface area (Å²) in [6.07, 6.45) is -0.106. The zero-order chi connectivity index (χ0) is 15.4. The molecule has 0 saturated carbocycles. The number of phosphoric ester groups is 1. The van der Waals surface area contributed by atoms with Crippen LogP contribution >= 0.6 is 7.82 Å². The number of rotatable bonds is 13. The molecule has 0 saturated heterocycles. The maximum atomic E-state index is 11.3. The molecule has 20 heavy (non-hydrogen) atoms. The van der Waals surface area contributed by atoms with E-state index in [0.29, 0.717) is 6.61 Å². The lowest BCUT2D eigenvalue weighted by Crippen LogP contribution is -2.24. The Morgan fingerprint density at radius 1 is 1.15 bits per heavy atom. The maximum absolute atomic E-state index is 11.3. The van der Waals surface area contributed by atoms with Crippen molar-refractivity contribution in [2.75, 3.05) is 33.0 Å². The summed E-state index contributed by atoms with van der Waals surface area (Å²) in [6, 6.07) is 0. The Balaban J connectivity index is 3.59. The normalized spacial score (nSPS) is 15.8. The molecular formula is C10H21O9P. The number of carboxylic acids is 1. The van der Waals surface area contributed by atoms with Crippen LogP contribution in [0, 0.1) is 0 Å². The number of unbranched alkanes of at least 4 members (excludes halogenated alkanes) is 1. The number of aliphatic hydroxyl groups excluding tert-OH is 1. The average molecular weight is 316 g/mol. The number of aliphatic hydroxyl groups is 1. The molecule has 0 heterocycles. The fourth-order valence-electron chi connectivity index (χ4n) is 0.981. The summed E-state index contributed by atoms with van der Waals surface area (Å²) in [6.45, 7) is 1.87. The van der Waals surface area contributed by atoms with Crippen molar-refractivity contribution in [3.8, 4) is 0 Å². The molecule has 0 aliphatic rings. The van der Waals surface area contributed by atoms with Crippen LogP contribution in [-0.2, 0) is 27.9 Å². The van der Waals surface area contributed by atoms with Crippen molar-refractivity contribution < 1.29 is 43.0 Å². The lowest BCUT2D eigenvalue weighted by Gasteiger charge is -2.13. The van der Waals surface area contributed by atoms with Gasteiger partial charge >= 0.3 is 13.8 Å². The van der Waals surface area contributed by atoms with Crippen molar-refractivity contribution in [2.24, 2.45) is 0 Å². The second-order valence-electron chi connectivity index (χ2n) is 3.66. The molecule has 2 atom stereocenters. The molecule has 0 aromatic carbocycles. The van der Waals surface area contributed by atoms with Crippen LogP contribution in [0.2, 0.25) is 0 Å². The van der Waals surface area contributed by atoms with Crippen molar-refractivity contribution in [1.29, 1.82) is 0 Å². The average Bonchev–Trinajstić information content (AvgIpc) is 2.38. The zero-order valence-electron chi connectivity index (χ0n) is 11.3. The van der Waals surface area contributed by atoms with E-state index in [1.54, 1.807) is 0 Å². The van der Waals surface area contributed by atoms with Crippen LogP contribution in [0.1, 0.15) is 19.8 Å². The van der Waals surface area contributed by atoms with Gasteiger partial charge in [0.1, 0.15) is 0 Å². The van der Waals surface area contributed by atoms with E-state index in [0.717, 1.165) is 12.8 Å². The first-order chi connectivity index (χ1) is 9.39. The first-order valence-corrected chi connectivity index (χ1v) is 7.60. The summed E-state index contributed by atoms with van der Waals surface area (Å²) in [5, 5.41) is 17.0. The smallest absolute Gasteiger partial charge is 0.472 e. The Morgan fingerprint density at radius 3 is 2.30 bits per heavy atom. The summed E-state index contributed by atoms with van der Waals surface area (Å²) in [5.74, 6) is -1.56. The fraction of sp³-hybridized carbons (Fsp3) is 0.900. The van der Waals surface area contributed by atoms with E-state index in [-0.39, 0.29) is 19.8 Å². The molecule has 0 spiro atoms. The van der Waals surface area contributed by atoms with E-state index in [1.807, 2.05) is 6.92 Å². The molecular weight excluding hydrogens is 295 g/mol. The van der Waals surface area contributed by atoms with Crippen LogP contribution in [0.3, 0.4) is 0 Å². The predicted molar refractivity (Wildman–Crippen MR) is 67.1 cm³/mol. The maximum Gasteiger partial charge on any atom is 0.472 e. The van der Waals surface area contributed by atoms with Gasteiger partial charge in [0, 0.05) is 6.61 Å². The van der Waals surface area contributed by atoms with Crippen molar-refractivity contribution in [3.63, 3.8) is 0 Å². The zero-order valence-corrected chi connectivity index (χ0v) is 12.2. The predicted octanol–water partition coefficient (Wildman–Crippen LogP) is 0.356. The van der Waals surface area contributed by atoms with E-state index < -0.39 is 26.7 Å². The minimum atomic E-state index is -4.22. The molecule has 0 radical (unpaired) electrons. The topological polar surface area (TPSA) is 132 Å². The van der Waals surface area contributed by atoms with Gasteiger partial charge in [-0.05, 0) is 6.42 Å². The molecule has 2 unspecified atom stereocenters. The first-order valence-electron chi connectivity index (χ1n) is 6.11. The van der Waals surface area contributed by atoms with Crippen LogP contribution < -0.4 is 0 Å². The number of carboxylic acid groups (broad SMARTS) is 1. The summed E-state index contributed by atoms with van der Waals surface area (Å²) in [5.41, 5.74) is 0. The Labute approximate surface area is 117 Å². The number of ether oxygens (including phenoxy) is 2. The van der Waals surface area contributed by atoms with Gasteiger partial charge in [0.25, 0.3) is 6.29 Å². The highest BCUT2D eigenvalue weighted by atomic mass is 31.2. The van der Waals surface area contributed by atoms with E-state index in [1.165, 1.54) is 0 Å². The molecule has 0 amide bonds. The highest BCUT2D eigenvalue weighted by Crippen LogP contribution is 2.42. The monoisotopic (exact) mass is 316 g/mol. The summed E-state index contributed by atoms with van der Waals surface area (Å²) < 4.78 is 29.9. The van der Waals surface area contributed by atoms with Crippen LogP contribution in [-0.4, -0.2) is 60.4 Å². The SMILES string of the molecule is CCCCOCCOP(=O)(O)OCCOC(O)C(=O)O. The quantitative estimate of drug-likeness (QED) is 0.250. The van der Waals surface area contributed by atoms with Crippen molar-refractivity contribution in [3.05, 3.63) is 0 Å². The van der Waals surface area contributed by atoms with Crippen LogP contribution in [0.5, 0.6) is 0 Å². The molecule has 0 aliphatic heterocycles. The molecule has 120 valence electrons. The third kappa shape index (κ3) is 11.3. The standard InChI is InChI=1S/C10H21O9P/c1-2-3-4-16-5-7-18-20(14,15)19-8-6-17-10(13)9(11)12/h10,13H,2-8H2,1H3,(H,11,12)(H,14,15). The van der Waals surface area contributed by atoms with Gasteiger partial charge in [0.2, 0.25) is 0 Å². The summed E-state index contributed by atoms with van der Waals surface area (Å²) in [7, 11) is -4.22. The second-order valence-corrected chi connectivity index (χ2v) is 5.12. The number of phosphoric acid groups is 1. The summed E-state index contributed by atoms with van der Waals surface area (Å²) >= 11 is 0. The number of aliphatic carboxylic acids is 1. The first kappa shape index (κ1) is 19.5. The van der Waals surface area contributed by atoms with E-state index in [4.69, 9.17) is 14.9 Å². The molecule has 10 heteroatoms. The van der Waals surface area contributed by atoms with Crippen LogP contribution in [0.4, 0.5) is 0 Å². The van der Waals surface area contributed by atoms with Crippen molar-refractivity contribution >= 4 is 13.8 Å². The molecule has 0 aromatic heterocycles. The van der Waals surface area contributed by atoms with Gasteiger partial charge in [-0.2, -0.15) is 0 Å². The van der Waals surface area contributed by atoms with E-state index in [2.05, 4.69) is 13.8 Å². The lowest BCUT2D eigenvalue weighted by molar-refractivity contribution is -0.177. The number of carbonyl (C=O) groups is 1. The Bertz CT molecular complexity index is 309. The highest BCUT2D eigenvalue weighted by Gasteiger charge is 2.21. The molecule has 3 N–H and O–H groups in total. The highest BCUT2D eigenvalue weighted by molar-refractivity contribution is 7.47. The fourth-order valence-corrected chi connectivity index (χ4v) is 1.67. The van der Waals surface area contributed by atoms with Crippen LogP contribution in [0.15, 0.2) is 0 Å². The molecule has 0 aliphatic carbocycles. The van der Waals surface area contributed by atoms with E-state index >= 15 is 0 Å². The molecule has 9 nitrogen and oxygen atoms in total. The van der Waals surface area contributed by atoms with Crippen molar-refractivity contribution in [2.45, 2.75) is 26.1 Å². The molecule has 0 fully saturated rings. The third-order valence-electron chi connectivity index (χ3n) is 1.95. The number of hydrogen-bond donors (Lipinski definition) is 3. The van der Waals surface area contributed by atoms with Gasteiger partial charge in [-0.1, -0.05) is 13.3 Å². The van der Waals surface area contributed by atoms with Gasteiger partial charge in [-0.15, -0.1) is 0 Å².